The molecule has 0 heterocycles. The van der Waals surface area contributed by atoms with Crippen molar-refractivity contribution in [3.63, 3.8) is 0 Å². The molecule has 1 amide bonds. The average molecular weight is 197 g/mol. The van der Waals surface area contributed by atoms with Gasteiger partial charge in [0.1, 0.15) is 11.6 Å². The molecule has 74 valence electrons. The van der Waals surface area contributed by atoms with Crippen molar-refractivity contribution >= 4 is 5.91 Å². The maximum atomic E-state index is 13.2. The molecule has 0 radical (unpaired) electrons. The van der Waals surface area contributed by atoms with E-state index in [0.717, 1.165) is 6.07 Å². The summed E-state index contributed by atoms with van der Waals surface area (Å²) in [6.07, 6.45) is 0.567. The van der Waals surface area contributed by atoms with E-state index in [2.05, 4.69) is 0 Å². The summed E-state index contributed by atoms with van der Waals surface area (Å²) in [6, 6.07) is 3.39. The zero-order valence-corrected chi connectivity index (χ0v) is 7.34. The molecule has 2 N–H and O–H groups in total. The Morgan fingerprint density at radius 3 is 2.64 bits per heavy atom. The van der Waals surface area contributed by atoms with Crippen molar-refractivity contribution in [1.29, 1.82) is 0 Å². The van der Waals surface area contributed by atoms with Crippen LogP contribution in [-0.4, -0.2) is 5.91 Å². The molecule has 2 rings (SSSR count). The van der Waals surface area contributed by atoms with Gasteiger partial charge in [-0.2, -0.15) is 0 Å². The fourth-order valence-electron chi connectivity index (χ4n) is 1.66. The minimum absolute atomic E-state index is 0.159. The second-order valence-corrected chi connectivity index (χ2v) is 3.52. The Kier molecular flexibility index (Phi) is 1.98. The monoisotopic (exact) mass is 197 g/mol. The van der Waals surface area contributed by atoms with E-state index in [1.807, 2.05) is 0 Å². The fraction of sp³-hybridized carbons (Fsp3) is 0.300. The van der Waals surface area contributed by atoms with Gasteiger partial charge >= 0.3 is 0 Å². The summed E-state index contributed by atoms with van der Waals surface area (Å²) in [5, 5.41) is 0. The van der Waals surface area contributed by atoms with Crippen molar-refractivity contribution < 1.29 is 13.6 Å². The molecule has 0 spiro atoms. The van der Waals surface area contributed by atoms with Gasteiger partial charge in [0, 0.05) is 12.0 Å². The minimum Gasteiger partial charge on any atom is -0.369 e. The summed E-state index contributed by atoms with van der Waals surface area (Å²) in [5.41, 5.74) is 5.45. The predicted octanol–water partition coefficient (Wildman–Crippen LogP) is 1.55. The zero-order chi connectivity index (χ0) is 10.3. The van der Waals surface area contributed by atoms with Crippen LogP contribution in [0, 0.1) is 17.6 Å². The molecule has 0 unspecified atom stereocenters. The predicted molar refractivity (Wildman–Crippen MR) is 46.4 cm³/mol. The molecule has 1 aromatic rings. The highest BCUT2D eigenvalue weighted by Gasteiger charge is 2.43. The Hall–Kier alpha value is -1.45. The quantitative estimate of drug-likeness (QED) is 0.768. The number of amides is 1. The molecule has 2 atom stereocenters. The van der Waals surface area contributed by atoms with E-state index in [1.165, 1.54) is 12.1 Å². The summed E-state index contributed by atoms with van der Waals surface area (Å²) in [4.78, 5) is 10.7. The smallest absolute Gasteiger partial charge is 0.221 e. The number of primary amides is 1. The Balaban J connectivity index is 2.23. The Morgan fingerprint density at radius 1 is 1.43 bits per heavy atom. The van der Waals surface area contributed by atoms with Gasteiger partial charge in [-0.05, 0) is 24.0 Å². The topological polar surface area (TPSA) is 43.1 Å². The van der Waals surface area contributed by atoms with Crippen molar-refractivity contribution in [2.24, 2.45) is 11.7 Å². The molecule has 0 bridgehead atoms. The second kappa shape index (κ2) is 3.04. The molecule has 1 aliphatic carbocycles. The average Bonchev–Trinajstić information content (AvgIpc) is 2.83. The summed E-state index contributed by atoms with van der Waals surface area (Å²) >= 11 is 0. The maximum Gasteiger partial charge on any atom is 0.221 e. The van der Waals surface area contributed by atoms with Crippen LogP contribution in [0.15, 0.2) is 18.2 Å². The summed E-state index contributed by atoms with van der Waals surface area (Å²) in [5.74, 6) is -2.07. The molecule has 4 heteroatoms. The van der Waals surface area contributed by atoms with Crippen LogP contribution in [0.2, 0.25) is 0 Å². The number of benzene rings is 1. The van der Waals surface area contributed by atoms with Gasteiger partial charge < -0.3 is 5.73 Å². The summed E-state index contributed by atoms with van der Waals surface area (Å²) < 4.78 is 25.7. The minimum atomic E-state index is -0.609. The molecule has 1 aromatic carbocycles. The van der Waals surface area contributed by atoms with Crippen LogP contribution in [0.1, 0.15) is 17.9 Å². The molecule has 14 heavy (non-hydrogen) atoms. The Labute approximate surface area is 79.7 Å². The normalized spacial score (nSPS) is 24.7. The van der Waals surface area contributed by atoms with Gasteiger partial charge in [-0.1, -0.05) is 6.07 Å². The third-order valence-corrected chi connectivity index (χ3v) is 2.52. The third-order valence-electron chi connectivity index (χ3n) is 2.52. The van der Waals surface area contributed by atoms with Crippen LogP contribution in [-0.2, 0) is 4.79 Å². The van der Waals surface area contributed by atoms with Gasteiger partial charge in [0.05, 0.1) is 0 Å². The number of nitrogens with two attached hydrogens (primary N) is 1. The highest BCUT2D eigenvalue weighted by molar-refractivity contribution is 5.81. The van der Waals surface area contributed by atoms with E-state index in [9.17, 15) is 13.6 Å². The first-order valence-corrected chi connectivity index (χ1v) is 4.34. The van der Waals surface area contributed by atoms with E-state index < -0.39 is 17.5 Å². The number of carbonyl (C=O) groups excluding carboxylic acids is 1. The first-order valence-electron chi connectivity index (χ1n) is 4.34. The van der Waals surface area contributed by atoms with Crippen molar-refractivity contribution in [1.82, 2.24) is 0 Å². The third kappa shape index (κ3) is 1.47. The van der Waals surface area contributed by atoms with E-state index in [1.54, 1.807) is 0 Å². The van der Waals surface area contributed by atoms with Crippen LogP contribution >= 0.6 is 0 Å². The van der Waals surface area contributed by atoms with Crippen molar-refractivity contribution in [2.45, 2.75) is 12.3 Å². The van der Waals surface area contributed by atoms with Crippen molar-refractivity contribution in [3.8, 4) is 0 Å². The molecular weight excluding hydrogens is 188 g/mol. The first kappa shape index (κ1) is 9.12. The van der Waals surface area contributed by atoms with Gasteiger partial charge in [-0.15, -0.1) is 0 Å². The molecule has 2 nitrogen and oxygen atoms in total. The van der Waals surface area contributed by atoms with Gasteiger partial charge in [-0.25, -0.2) is 8.78 Å². The molecule has 0 saturated heterocycles. The Morgan fingerprint density at radius 2 is 2.14 bits per heavy atom. The largest absolute Gasteiger partial charge is 0.369 e. The Bertz CT molecular complexity index is 392. The number of hydrogen-bond acceptors (Lipinski definition) is 1. The van der Waals surface area contributed by atoms with Crippen molar-refractivity contribution in [2.75, 3.05) is 0 Å². The van der Waals surface area contributed by atoms with Crippen LogP contribution < -0.4 is 5.73 Å². The number of hydrogen-bond donors (Lipinski definition) is 1. The molecule has 1 fully saturated rings. The first-order chi connectivity index (χ1) is 6.59. The lowest BCUT2D eigenvalue weighted by Gasteiger charge is -2.00. The van der Waals surface area contributed by atoms with Crippen LogP contribution in [0.25, 0.3) is 0 Å². The van der Waals surface area contributed by atoms with E-state index in [-0.39, 0.29) is 11.8 Å². The molecule has 1 aliphatic rings. The fourth-order valence-corrected chi connectivity index (χ4v) is 1.66. The molecule has 0 aliphatic heterocycles. The highest BCUT2D eigenvalue weighted by atomic mass is 19.1. The summed E-state index contributed by atoms with van der Waals surface area (Å²) in [6.45, 7) is 0. The van der Waals surface area contributed by atoms with Crippen LogP contribution in [0.3, 0.4) is 0 Å². The van der Waals surface area contributed by atoms with Crippen molar-refractivity contribution in [3.05, 3.63) is 35.4 Å². The zero-order valence-electron chi connectivity index (χ0n) is 7.34. The van der Waals surface area contributed by atoms with Gasteiger partial charge in [0.25, 0.3) is 0 Å². The lowest BCUT2D eigenvalue weighted by atomic mass is 10.1. The van der Waals surface area contributed by atoms with E-state index in [0.29, 0.717) is 12.0 Å². The second-order valence-electron chi connectivity index (χ2n) is 3.52. The molecule has 0 aromatic heterocycles. The summed E-state index contributed by atoms with van der Waals surface area (Å²) in [7, 11) is 0. The molecule has 1 saturated carbocycles. The number of carbonyl (C=O) groups is 1. The lowest BCUT2D eigenvalue weighted by Crippen LogP contribution is -2.13. The van der Waals surface area contributed by atoms with Gasteiger partial charge in [0.2, 0.25) is 5.91 Å². The van der Waals surface area contributed by atoms with Gasteiger partial charge in [0.15, 0.2) is 0 Å². The van der Waals surface area contributed by atoms with E-state index in [4.69, 9.17) is 5.73 Å². The van der Waals surface area contributed by atoms with Crippen LogP contribution in [0.5, 0.6) is 0 Å². The van der Waals surface area contributed by atoms with Crippen LogP contribution in [0.4, 0.5) is 8.78 Å². The van der Waals surface area contributed by atoms with E-state index >= 15 is 0 Å². The highest BCUT2D eigenvalue weighted by Crippen LogP contribution is 2.47. The maximum absolute atomic E-state index is 13.2. The SMILES string of the molecule is NC(=O)[C@H]1C[C@@H]1c1ccc(F)cc1F. The standard InChI is InChI=1S/C10H9F2NO/c11-5-1-2-6(9(12)3-5)7-4-8(7)10(13)14/h1-3,7-8H,4H2,(H2,13,14)/t7-,8+/m1/s1. The number of halogens is 2. The van der Waals surface area contributed by atoms with Gasteiger partial charge in [-0.3, -0.25) is 4.79 Å². The number of rotatable bonds is 2. The molecular formula is C10H9F2NO. The lowest BCUT2D eigenvalue weighted by molar-refractivity contribution is -0.119.